The number of para-hydroxylation sites is 1. The van der Waals surface area contributed by atoms with Gasteiger partial charge in [0.1, 0.15) is 16.2 Å². The van der Waals surface area contributed by atoms with E-state index in [1.54, 1.807) is 22.0 Å². The quantitative estimate of drug-likeness (QED) is 0.209. The molecule has 3 aromatic rings. The number of rotatable bonds is 16. The number of carbonyl (C=O) groups excluding carboxylic acids is 4. The van der Waals surface area contributed by atoms with Crippen molar-refractivity contribution in [2.45, 2.75) is 97.9 Å². The van der Waals surface area contributed by atoms with E-state index >= 15 is 0 Å². The number of thiazole rings is 1. The van der Waals surface area contributed by atoms with Crippen LogP contribution >= 0.6 is 11.3 Å². The topological polar surface area (TPSA) is 140 Å². The lowest BCUT2D eigenvalue weighted by atomic mass is 9.80. The van der Waals surface area contributed by atoms with Crippen LogP contribution in [0.2, 0.25) is 0 Å². The summed E-state index contributed by atoms with van der Waals surface area (Å²) >= 11 is 1.24. The molecule has 4 rings (SSSR count). The molecular weight excluding hydrogens is 630 g/mol. The number of aromatic nitrogens is 4. The van der Waals surface area contributed by atoms with Gasteiger partial charge >= 0.3 is 5.97 Å². The lowest BCUT2D eigenvalue weighted by molar-refractivity contribution is -0.149. The van der Waals surface area contributed by atoms with Crippen LogP contribution in [0.1, 0.15) is 95.2 Å². The average Bonchev–Trinajstić information content (AvgIpc) is 3.80. The summed E-state index contributed by atoms with van der Waals surface area (Å²) in [6.07, 6.45) is 2.27. The molecule has 1 saturated heterocycles. The zero-order chi connectivity index (χ0) is 35.2. The molecule has 1 aromatic carbocycles. The Morgan fingerprint density at radius 2 is 1.90 bits per heavy atom. The number of hydrogen-bond donors (Lipinski definition) is 1. The van der Waals surface area contributed by atoms with Gasteiger partial charge in [-0.05, 0) is 57.3 Å². The first-order valence-corrected chi connectivity index (χ1v) is 17.8. The van der Waals surface area contributed by atoms with Crippen molar-refractivity contribution in [3.8, 4) is 0 Å². The molecule has 1 fully saturated rings. The van der Waals surface area contributed by atoms with Gasteiger partial charge in [-0.3, -0.25) is 24.1 Å². The van der Waals surface area contributed by atoms with E-state index in [4.69, 9.17) is 4.74 Å². The maximum atomic E-state index is 14.2. The first-order valence-electron chi connectivity index (χ1n) is 17.0. The van der Waals surface area contributed by atoms with E-state index in [-0.39, 0.29) is 47.6 Å². The van der Waals surface area contributed by atoms with Crippen LogP contribution in [0.4, 0.5) is 0 Å². The van der Waals surface area contributed by atoms with Crippen LogP contribution in [-0.4, -0.2) is 92.1 Å². The van der Waals surface area contributed by atoms with E-state index in [2.05, 4.69) is 25.5 Å². The normalized spacial score (nSPS) is 19.2. The third-order valence-corrected chi connectivity index (χ3v) is 11.0. The molecule has 3 heterocycles. The lowest BCUT2D eigenvalue weighted by Crippen LogP contribution is -2.50. The molecule has 0 saturated carbocycles. The van der Waals surface area contributed by atoms with Gasteiger partial charge in [-0.15, -0.1) is 16.4 Å². The number of carbonyl (C=O) groups is 4. The van der Waals surface area contributed by atoms with Crippen LogP contribution in [0.25, 0.3) is 11.0 Å². The van der Waals surface area contributed by atoms with Crippen LogP contribution in [0, 0.1) is 17.8 Å². The molecule has 0 radical (unpaired) electrons. The summed E-state index contributed by atoms with van der Waals surface area (Å²) in [5.74, 6) is -1.23. The molecule has 12 nitrogen and oxygen atoms in total. The smallest absolute Gasteiger partial charge is 0.303 e. The van der Waals surface area contributed by atoms with Crippen LogP contribution in [-0.2, 0) is 25.7 Å². The number of hydrogen-bond acceptors (Lipinski definition) is 10. The van der Waals surface area contributed by atoms with E-state index in [0.717, 1.165) is 36.8 Å². The molecule has 2 amide bonds. The second-order valence-electron chi connectivity index (χ2n) is 13.6. The second-order valence-corrected chi connectivity index (χ2v) is 14.5. The number of likely N-dealkylation sites (tertiary alicyclic amines) is 1. The summed E-state index contributed by atoms with van der Waals surface area (Å²) in [5.41, 5.74) is 1.34. The average molecular weight is 682 g/mol. The maximum Gasteiger partial charge on any atom is 0.303 e. The van der Waals surface area contributed by atoms with Gasteiger partial charge in [0.25, 0.3) is 5.91 Å². The predicted molar refractivity (Wildman–Crippen MR) is 185 cm³/mol. The fourth-order valence-electron chi connectivity index (χ4n) is 6.60. The Balaban J connectivity index is 1.46. The number of likely N-dealkylation sites (N-methyl/N-ethyl adjacent to an activating group) is 1. The van der Waals surface area contributed by atoms with Gasteiger partial charge in [-0.25, -0.2) is 9.67 Å². The molecule has 1 N–H and O–H groups in total. The van der Waals surface area contributed by atoms with Crippen molar-refractivity contribution < 1.29 is 23.9 Å². The minimum atomic E-state index is -0.757. The number of fused-ring (bicyclic) bond motifs is 1. The number of ether oxygens (including phenoxy) is 1. The van der Waals surface area contributed by atoms with Crippen molar-refractivity contribution in [3.63, 3.8) is 0 Å². The van der Waals surface area contributed by atoms with Crippen LogP contribution < -0.4 is 5.32 Å². The second kappa shape index (κ2) is 16.1. The Labute approximate surface area is 287 Å². The van der Waals surface area contributed by atoms with Crippen molar-refractivity contribution in [2.75, 3.05) is 27.2 Å². The lowest BCUT2D eigenvalue weighted by Gasteiger charge is -2.38. The molecule has 5 atom stereocenters. The minimum absolute atomic E-state index is 0.0133. The highest BCUT2D eigenvalue weighted by Crippen LogP contribution is 2.35. The SMILES string of the molecule is CC[C@H](C)[C@H](CC(=O)[C@@]1(C)CCCN1C)C(=O)N(C)[C@H](C[C@@H](OC(C)=O)c1nc(C(=O)NCCn2nnc3ccccc32)cs1)C(C)C. The third-order valence-electron chi connectivity index (χ3n) is 10.1. The number of benzene rings is 1. The van der Waals surface area contributed by atoms with Gasteiger partial charge in [0, 0.05) is 50.7 Å². The molecule has 1 aliphatic rings. The van der Waals surface area contributed by atoms with E-state index in [1.807, 2.05) is 65.9 Å². The Hall–Kier alpha value is -3.71. The Bertz CT molecular complexity index is 1590. The number of esters is 1. The molecule has 262 valence electrons. The Kier molecular flexibility index (Phi) is 12.5. The minimum Gasteiger partial charge on any atom is -0.455 e. The van der Waals surface area contributed by atoms with Gasteiger partial charge in [0.05, 0.1) is 17.6 Å². The fourth-order valence-corrected chi connectivity index (χ4v) is 7.44. The van der Waals surface area contributed by atoms with Gasteiger partial charge < -0.3 is 15.0 Å². The van der Waals surface area contributed by atoms with E-state index in [1.165, 1.54) is 18.3 Å². The van der Waals surface area contributed by atoms with Crippen molar-refractivity contribution in [1.29, 1.82) is 0 Å². The highest BCUT2D eigenvalue weighted by Gasteiger charge is 2.43. The van der Waals surface area contributed by atoms with E-state index < -0.39 is 23.5 Å². The molecule has 48 heavy (non-hydrogen) atoms. The van der Waals surface area contributed by atoms with Crippen molar-refractivity contribution in [2.24, 2.45) is 17.8 Å². The molecule has 0 spiro atoms. The van der Waals surface area contributed by atoms with Crippen molar-refractivity contribution >= 4 is 45.9 Å². The first-order chi connectivity index (χ1) is 22.8. The molecule has 2 aromatic heterocycles. The molecule has 13 heteroatoms. The summed E-state index contributed by atoms with van der Waals surface area (Å²) in [7, 11) is 3.76. The van der Waals surface area contributed by atoms with Crippen LogP contribution in [0.3, 0.4) is 0 Å². The zero-order valence-electron chi connectivity index (χ0n) is 29.6. The van der Waals surface area contributed by atoms with E-state index in [0.29, 0.717) is 24.5 Å². The van der Waals surface area contributed by atoms with Crippen LogP contribution in [0.5, 0.6) is 0 Å². The van der Waals surface area contributed by atoms with Crippen molar-refractivity contribution in [1.82, 2.24) is 35.1 Å². The van der Waals surface area contributed by atoms with E-state index in [9.17, 15) is 19.2 Å². The molecule has 0 bridgehead atoms. The van der Waals surface area contributed by atoms with Gasteiger partial charge in [0.15, 0.2) is 11.9 Å². The summed E-state index contributed by atoms with van der Waals surface area (Å²) in [4.78, 5) is 61.5. The van der Waals surface area contributed by atoms with Crippen LogP contribution in [0.15, 0.2) is 29.6 Å². The third kappa shape index (κ3) is 8.46. The number of amides is 2. The molecule has 1 aliphatic heterocycles. The number of nitrogens with zero attached hydrogens (tertiary/aromatic N) is 6. The standard InChI is InChI=1S/C35H51N7O5S/c1-9-23(4)25(19-31(44)35(6)15-12-17-40(35)7)34(46)41(8)29(22(2)3)20-30(47-24(5)43)33-37-27(21-48-33)32(45)36-16-18-42-28-14-11-10-13-26(28)38-39-42/h10-11,13-14,21-23,25,29-30H,9,12,15-20H2,1-8H3,(H,36,45)/t23-,25-,29+,30+,35+/m0/s1. The monoisotopic (exact) mass is 681 g/mol. The first kappa shape index (κ1) is 37.1. The highest BCUT2D eigenvalue weighted by atomic mass is 32.1. The summed E-state index contributed by atoms with van der Waals surface area (Å²) in [5, 5.41) is 13.3. The van der Waals surface area contributed by atoms with Gasteiger partial charge in [-0.1, -0.05) is 51.5 Å². The molecule has 0 unspecified atom stereocenters. The Morgan fingerprint density at radius 3 is 2.54 bits per heavy atom. The van der Waals surface area contributed by atoms with Gasteiger partial charge in [0.2, 0.25) is 5.91 Å². The predicted octanol–water partition coefficient (Wildman–Crippen LogP) is 4.90. The maximum absolute atomic E-state index is 14.2. The number of Topliss-reactive ketones (excluding diaryl/α,β-unsaturated/α-hetero) is 1. The van der Waals surface area contributed by atoms with Crippen molar-refractivity contribution in [3.05, 3.63) is 40.3 Å². The fraction of sp³-hybridized carbons (Fsp3) is 0.629. The highest BCUT2D eigenvalue weighted by molar-refractivity contribution is 7.09. The zero-order valence-corrected chi connectivity index (χ0v) is 30.4. The summed E-state index contributed by atoms with van der Waals surface area (Å²) in [6.45, 7) is 13.1. The largest absolute Gasteiger partial charge is 0.455 e. The summed E-state index contributed by atoms with van der Waals surface area (Å²) < 4.78 is 7.49. The summed E-state index contributed by atoms with van der Waals surface area (Å²) in [6, 6.07) is 7.30. The Morgan fingerprint density at radius 1 is 1.17 bits per heavy atom. The number of ketones is 1. The number of nitrogens with one attached hydrogen (secondary N) is 1. The van der Waals surface area contributed by atoms with Gasteiger partial charge in [-0.2, -0.15) is 0 Å². The molecular formula is C35H51N7O5S. The molecule has 0 aliphatic carbocycles.